The van der Waals surface area contributed by atoms with Crippen molar-refractivity contribution in [1.29, 1.82) is 0 Å². The van der Waals surface area contributed by atoms with Crippen LogP contribution in [0.4, 0.5) is 17.1 Å². The van der Waals surface area contributed by atoms with E-state index in [4.69, 9.17) is 0 Å². The Morgan fingerprint density at radius 2 is 1.63 bits per heavy atom. The number of aromatic nitrogens is 2. The van der Waals surface area contributed by atoms with E-state index in [1.165, 1.54) is 0 Å². The first-order valence-corrected chi connectivity index (χ1v) is 9.01. The van der Waals surface area contributed by atoms with Crippen LogP contribution in [-0.2, 0) is 6.54 Å². The van der Waals surface area contributed by atoms with Crippen molar-refractivity contribution in [2.75, 3.05) is 5.32 Å². The Hall–Kier alpha value is -4.08. The number of nitrogens with one attached hydrogen (secondary N) is 1. The van der Waals surface area contributed by atoms with E-state index >= 15 is 0 Å². The van der Waals surface area contributed by atoms with E-state index in [-0.39, 0.29) is 5.56 Å². The van der Waals surface area contributed by atoms with Crippen molar-refractivity contribution >= 4 is 23.0 Å². The highest BCUT2D eigenvalue weighted by Crippen LogP contribution is 2.25. The van der Waals surface area contributed by atoms with Crippen molar-refractivity contribution < 1.29 is 14.6 Å². The van der Waals surface area contributed by atoms with Crippen LogP contribution in [0.15, 0.2) is 42.5 Å². The summed E-state index contributed by atoms with van der Waals surface area (Å²) >= 11 is 0. The van der Waals surface area contributed by atoms with E-state index < -0.39 is 27.1 Å². The number of aryl methyl sites for hydroxylation is 2. The average molecular weight is 409 g/mol. The molecule has 10 nitrogen and oxygen atoms in total. The molecular weight excluding hydrogens is 390 g/mol. The maximum absolute atomic E-state index is 12.7. The number of hydrogen-bond acceptors (Lipinski definition) is 6. The fourth-order valence-corrected chi connectivity index (χ4v) is 3.10. The normalized spacial score (nSPS) is 10.6. The predicted molar refractivity (Wildman–Crippen MR) is 110 cm³/mol. The van der Waals surface area contributed by atoms with Crippen molar-refractivity contribution in [3.8, 4) is 0 Å². The van der Waals surface area contributed by atoms with Crippen LogP contribution in [0, 0.1) is 41.0 Å². The lowest BCUT2D eigenvalue weighted by Crippen LogP contribution is -2.14. The summed E-state index contributed by atoms with van der Waals surface area (Å²) in [5.74, 6) is -0.691. The number of rotatable bonds is 6. The van der Waals surface area contributed by atoms with Crippen LogP contribution in [0.1, 0.15) is 32.9 Å². The molecule has 0 radical (unpaired) electrons. The quantitative estimate of drug-likeness (QED) is 0.484. The summed E-state index contributed by atoms with van der Waals surface area (Å²) in [6, 6.07) is 10.7. The largest absolute Gasteiger partial charge is 0.319 e. The minimum Gasteiger partial charge on any atom is -0.319 e. The van der Waals surface area contributed by atoms with Crippen molar-refractivity contribution in [1.82, 2.24) is 9.78 Å². The highest BCUT2D eigenvalue weighted by atomic mass is 16.6. The molecule has 0 aliphatic carbocycles. The van der Waals surface area contributed by atoms with Gasteiger partial charge in [0, 0.05) is 12.1 Å². The van der Waals surface area contributed by atoms with E-state index in [1.807, 2.05) is 31.2 Å². The Bertz CT molecular complexity index is 1140. The van der Waals surface area contributed by atoms with Gasteiger partial charge in [-0.05, 0) is 31.9 Å². The summed E-state index contributed by atoms with van der Waals surface area (Å²) in [5.41, 5.74) is 2.67. The van der Waals surface area contributed by atoms with Crippen molar-refractivity contribution in [2.45, 2.75) is 27.3 Å². The molecule has 3 aromatic rings. The van der Waals surface area contributed by atoms with Gasteiger partial charge in [0.2, 0.25) is 0 Å². The number of carbonyl (C=O) groups is 1. The molecule has 1 N–H and O–H groups in total. The second-order valence-corrected chi connectivity index (χ2v) is 6.84. The number of benzene rings is 2. The molecule has 1 aromatic heterocycles. The first-order valence-electron chi connectivity index (χ1n) is 9.01. The Labute approximate surface area is 171 Å². The van der Waals surface area contributed by atoms with Gasteiger partial charge in [-0.1, -0.05) is 24.3 Å². The van der Waals surface area contributed by atoms with Gasteiger partial charge < -0.3 is 5.32 Å². The molecule has 0 saturated carbocycles. The van der Waals surface area contributed by atoms with Gasteiger partial charge in [-0.15, -0.1) is 0 Å². The summed E-state index contributed by atoms with van der Waals surface area (Å²) in [4.78, 5) is 33.3. The van der Waals surface area contributed by atoms with Gasteiger partial charge in [-0.25, -0.2) is 0 Å². The molecule has 154 valence electrons. The van der Waals surface area contributed by atoms with E-state index in [9.17, 15) is 25.0 Å². The molecule has 1 heterocycles. The third-order valence-corrected chi connectivity index (χ3v) is 4.79. The third-order valence-electron chi connectivity index (χ3n) is 4.79. The van der Waals surface area contributed by atoms with Gasteiger partial charge in [0.1, 0.15) is 0 Å². The summed E-state index contributed by atoms with van der Waals surface area (Å²) in [6.07, 6.45) is 0. The van der Waals surface area contributed by atoms with Crippen LogP contribution in [0.2, 0.25) is 0 Å². The number of non-ortho nitro benzene ring substituents is 2. The highest BCUT2D eigenvalue weighted by molar-refractivity contribution is 6.05. The number of hydrogen-bond donors (Lipinski definition) is 1. The molecule has 30 heavy (non-hydrogen) atoms. The molecule has 0 aliphatic rings. The fourth-order valence-electron chi connectivity index (χ4n) is 3.10. The second-order valence-electron chi connectivity index (χ2n) is 6.84. The van der Waals surface area contributed by atoms with Crippen LogP contribution in [0.25, 0.3) is 0 Å². The number of nitrogens with zero attached hydrogens (tertiary/aromatic N) is 4. The lowest BCUT2D eigenvalue weighted by molar-refractivity contribution is -0.394. The van der Waals surface area contributed by atoms with Crippen LogP contribution in [0.3, 0.4) is 0 Å². The zero-order valence-corrected chi connectivity index (χ0v) is 16.6. The number of amides is 1. The van der Waals surface area contributed by atoms with Crippen molar-refractivity contribution in [2.24, 2.45) is 0 Å². The lowest BCUT2D eigenvalue weighted by atomic mass is 10.1. The Morgan fingerprint density at radius 1 is 1.03 bits per heavy atom. The summed E-state index contributed by atoms with van der Waals surface area (Å²) in [7, 11) is 0. The molecule has 3 rings (SSSR count). The van der Waals surface area contributed by atoms with Crippen molar-refractivity contribution in [3.05, 3.63) is 90.8 Å². The molecule has 2 aromatic carbocycles. The zero-order chi connectivity index (χ0) is 22.0. The number of nitro groups is 2. The molecular formula is C20H19N5O5. The monoisotopic (exact) mass is 409 g/mol. The van der Waals surface area contributed by atoms with E-state index in [1.54, 1.807) is 18.5 Å². The van der Waals surface area contributed by atoms with Gasteiger partial charge in [-0.2, -0.15) is 5.10 Å². The number of carbonyl (C=O) groups excluding carboxylic acids is 1. The second kappa shape index (κ2) is 8.11. The smallest absolute Gasteiger partial charge is 0.277 e. The van der Waals surface area contributed by atoms with Gasteiger partial charge in [0.25, 0.3) is 17.3 Å². The van der Waals surface area contributed by atoms with Crippen molar-refractivity contribution in [3.63, 3.8) is 0 Å². The molecule has 0 saturated heterocycles. The standard InChI is InChI=1S/C20H19N5O5/c1-12-6-4-5-7-15(12)11-23-14(3)19(13(2)22-23)21-20(26)16-8-17(24(27)28)10-18(9-16)25(29)30/h4-10H,11H2,1-3H3,(H,21,26). The Kier molecular flexibility index (Phi) is 5.58. The van der Waals surface area contributed by atoms with Crippen LogP contribution in [0.5, 0.6) is 0 Å². The number of nitro benzene ring substituents is 2. The number of anilines is 1. The van der Waals surface area contributed by atoms with Gasteiger partial charge >= 0.3 is 0 Å². The third kappa shape index (κ3) is 4.17. The Morgan fingerprint density at radius 3 is 2.20 bits per heavy atom. The van der Waals surface area contributed by atoms with Gasteiger partial charge in [-0.3, -0.25) is 29.7 Å². The minimum absolute atomic E-state index is 0.179. The highest BCUT2D eigenvalue weighted by Gasteiger charge is 2.22. The summed E-state index contributed by atoms with van der Waals surface area (Å²) < 4.78 is 1.75. The van der Waals surface area contributed by atoms with Crippen LogP contribution < -0.4 is 5.32 Å². The summed E-state index contributed by atoms with van der Waals surface area (Å²) in [5, 5.41) is 29.3. The summed E-state index contributed by atoms with van der Waals surface area (Å²) in [6.45, 7) is 6.03. The zero-order valence-electron chi connectivity index (χ0n) is 16.6. The molecule has 0 aliphatic heterocycles. The first-order chi connectivity index (χ1) is 14.2. The van der Waals surface area contributed by atoms with E-state index in [0.29, 0.717) is 23.6 Å². The Balaban J connectivity index is 1.91. The predicted octanol–water partition coefficient (Wildman–Crippen LogP) is 3.93. The lowest BCUT2D eigenvalue weighted by Gasteiger charge is -2.09. The van der Waals surface area contributed by atoms with Crippen LogP contribution in [-0.4, -0.2) is 25.5 Å². The molecule has 0 spiro atoms. The molecule has 1 amide bonds. The molecule has 10 heteroatoms. The van der Waals surface area contributed by atoms with E-state index in [2.05, 4.69) is 10.4 Å². The molecule has 0 atom stereocenters. The molecule has 0 bridgehead atoms. The molecule has 0 fully saturated rings. The van der Waals surface area contributed by atoms with E-state index in [0.717, 1.165) is 29.3 Å². The molecule has 0 unspecified atom stereocenters. The fraction of sp³-hybridized carbons (Fsp3) is 0.200. The van der Waals surface area contributed by atoms with Gasteiger partial charge in [0.05, 0.1) is 45.1 Å². The first kappa shape index (κ1) is 20.6. The average Bonchev–Trinajstić information content (AvgIpc) is 2.96. The maximum Gasteiger partial charge on any atom is 0.277 e. The maximum atomic E-state index is 12.7. The SMILES string of the molecule is Cc1ccccc1Cn1nc(C)c(NC(=O)c2cc([N+](=O)[O-])cc([N+](=O)[O-])c2)c1C. The topological polar surface area (TPSA) is 133 Å². The van der Waals surface area contributed by atoms with Gasteiger partial charge in [0.15, 0.2) is 0 Å². The van der Waals surface area contributed by atoms with Crippen LogP contribution >= 0.6 is 0 Å². The minimum atomic E-state index is -0.777.